The van der Waals surface area contributed by atoms with Crippen LogP contribution in [-0.4, -0.2) is 25.0 Å². The first kappa shape index (κ1) is 17.1. The van der Waals surface area contributed by atoms with Crippen molar-refractivity contribution in [2.45, 2.75) is 19.4 Å². The third-order valence-electron chi connectivity index (χ3n) is 3.29. The van der Waals surface area contributed by atoms with Gasteiger partial charge in [-0.25, -0.2) is 0 Å². The summed E-state index contributed by atoms with van der Waals surface area (Å²) in [6.07, 6.45) is 1.16. The zero-order valence-electron chi connectivity index (χ0n) is 12.4. The minimum atomic E-state index is 0.0755. The lowest BCUT2D eigenvalue weighted by Gasteiger charge is -2.19. The summed E-state index contributed by atoms with van der Waals surface area (Å²) in [5.74, 6) is 0.806. The highest BCUT2D eigenvalue weighted by Gasteiger charge is 2.13. The maximum absolute atomic E-state index is 12.2. The fourth-order valence-electron chi connectivity index (χ4n) is 2.12. The van der Waals surface area contributed by atoms with Crippen molar-refractivity contribution in [3.05, 3.63) is 50.1 Å². The third-order valence-corrected chi connectivity index (χ3v) is 4.82. The third kappa shape index (κ3) is 4.63. The molecule has 0 aliphatic heterocycles. The van der Waals surface area contributed by atoms with Crippen LogP contribution >= 0.6 is 34.5 Å². The number of aryl methyl sites for hydroxylation is 1. The Morgan fingerprint density at radius 1 is 1.27 bits per heavy atom. The van der Waals surface area contributed by atoms with Gasteiger partial charge in [-0.2, -0.15) is 0 Å². The zero-order valence-corrected chi connectivity index (χ0v) is 14.8. The summed E-state index contributed by atoms with van der Waals surface area (Å²) in [4.78, 5) is 15.0. The summed E-state index contributed by atoms with van der Waals surface area (Å²) >= 11 is 13.4. The van der Waals surface area contributed by atoms with Gasteiger partial charge in [-0.3, -0.25) is 4.79 Å². The zero-order chi connectivity index (χ0) is 16.1. The number of amides is 1. The second kappa shape index (κ2) is 7.86. The lowest BCUT2D eigenvalue weighted by molar-refractivity contribution is -0.130. The lowest BCUT2D eigenvalue weighted by Crippen LogP contribution is -2.26. The number of carbonyl (C=O) groups excluding carboxylic acids is 1. The van der Waals surface area contributed by atoms with Crippen molar-refractivity contribution in [1.82, 2.24) is 4.90 Å². The van der Waals surface area contributed by atoms with Gasteiger partial charge in [-0.1, -0.05) is 23.2 Å². The number of rotatable bonds is 6. The number of benzene rings is 1. The summed E-state index contributed by atoms with van der Waals surface area (Å²) in [5, 5.41) is 0.630. The Hall–Kier alpha value is -1.23. The summed E-state index contributed by atoms with van der Waals surface area (Å²) in [6.45, 7) is 0.466. The lowest BCUT2D eigenvalue weighted by atomic mass is 10.1. The molecule has 2 aromatic rings. The molecule has 0 fully saturated rings. The molecule has 0 aliphatic carbocycles. The topological polar surface area (TPSA) is 29.5 Å². The molecule has 0 saturated heterocycles. The number of hydrogen-bond acceptors (Lipinski definition) is 3. The fraction of sp³-hybridized carbons (Fsp3) is 0.312. The smallest absolute Gasteiger partial charge is 0.222 e. The normalized spacial score (nSPS) is 10.5. The summed E-state index contributed by atoms with van der Waals surface area (Å²) < 4.78 is 6.05. The molecule has 2 rings (SSSR count). The van der Waals surface area contributed by atoms with Gasteiger partial charge in [0.2, 0.25) is 5.91 Å². The summed E-state index contributed by atoms with van der Waals surface area (Å²) in [5.41, 5.74) is 0.894. The Balaban J connectivity index is 1.95. The number of ether oxygens (including phenoxy) is 1. The van der Waals surface area contributed by atoms with Crippen molar-refractivity contribution in [2.24, 2.45) is 0 Å². The molecule has 0 aliphatic rings. The summed E-state index contributed by atoms with van der Waals surface area (Å²) in [6, 6.07) is 9.21. The predicted molar refractivity (Wildman–Crippen MR) is 92.1 cm³/mol. The van der Waals surface area contributed by atoms with Crippen LogP contribution in [0.15, 0.2) is 30.3 Å². The highest BCUT2D eigenvalue weighted by molar-refractivity contribution is 7.16. The van der Waals surface area contributed by atoms with E-state index in [1.807, 2.05) is 24.3 Å². The van der Waals surface area contributed by atoms with Gasteiger partial charge < -0.3 is 9.64 Å². The maximum Gasteiger partial charge on any atom is 0.222 e. The molecule has 0 atom stereocenters. The van der Waals surface area contributed by atoms with Crippen LogP contribution in [0.2, 0.25) is 9.36 Å². The minimum Gasteiger partial charge on any atom is -0.496 e. The van der Waals surface area contributed by atoms with E-state index in [-0.39, 0.29) is 5.91 Å². The monoisotopic (exact) mass is 357 g/mol. The van der Waals surface area contributed by atoms with Crippen LogP contribution in [0.25, 0.3) is 0 Å². The van der Waals surface area contributed by atoms with Crippen LogP contribution in [-0.2, 0) is 17.8 Å². The van der Waals surface area contributed by atoms with Gasteiger partial charge in [0.1, 0.15) is 5.75 Å². The van der Waals surface area contributed by atoms with Crippen molar-refractivity contribution in [2.75, 3.05) is 14.2 Å². The number of methoxy groups -OCH3 is 1. The molecule has 1 heterocycles. The van der Waals surface area contributed by atoms with E-state index in [1.165, 1.54) is 11.3 Å². The Kier molecular flexibility index (Phi) is 6.12. The first-order chi connectivity index (χ1) is 10.5. The van der Waals surface area contributed by atoms with Crippen LogP contribution < -0.4 is 4.74 Å². The van der Waals surface area contributed by atoms with Gasteiger partial charge >= 0.3 is 0 Å². The van der Waals surface area contributed by atoms with Crippen molar-refractivity contribution >= 4 is 40.4 Å². The first-order valence-corrected chi connectivity index (χ1v) is 8.37. The molecule has 0 bridgehead atoms. The first-order valence-electron chi connectivity index (χ1n) is 6.80. The fourth-order valence-corrected chi connectivity index (χ4v) is 3.40. The highest BCUT2D eigenvalue weighted by Crippen LogP contribution is 2.25. The van der Waals surface area contributed by atoms with Crippen LogP contribution in [0.4, 0.5) is 0 Å². The number of hydrogen-bond donors (Lipinski definition) is 0. The molecular formula is C16H17Cl2NO2S. The SMILES string of the molecule is COc1ccc(Cl)cc1CN(C)C(=O)CCc1ccc(Cl)s1. The highest BCUT2D eigenvalue weighted by atomic mass is 35.5. The molecule has 6 heteroatoms. The van der Waals surface area contributed by atoms with E-state index < -0.39 is 0 Å². The van der Waals surface area contributed by atoms with E-state index >= 15 is 0 Å². The Morgan fingerprint density at radius 3 is 2.68 bits per heavy atom. The van der Waals surface area contributed by atoms with Gasteiger partial charge in [0, 0.05) is 35.5 Å². The largest absolute Gasteiger partial charge is 0.496 e. The molecule has 0 saturated carbocycles. The van der Waals surface area contributed by atoms with E-state index in [2.05, 4.69) is 0 Å². The Morgan fingerprint density at radius 2 is 2.05 bits per heavy atom. The molecule has 0 N–H and O–H groups in total. The quantitative estimate of drug-likeness (QED) is 0.752. The van der Waals surface area contributed by atoms with Crippen molar-refractivity contribution in [3.8, 4) is 5.75 Å². The van der Waals surface area contributed by atoms with Crippen molar-refractivity contribution < 1.29 is 9.53 Å². The van der Waals surface area contributed by atoms with Crippen LogP contribution in [0.1, 0.15) is 16.9 Å². The molecule has 1 aromatic carbocycles. The van der Waals surface area contributed by atoms with Gasteiger partial charge in [0.25, 0.3) is 0 Å². The molecule has 3 nitrogen and oxygen atoms in total. The summed E-state index contributed by atoms with van der Waals surface area (Å²) in [7, 11) is 3.39. The molecule has 0 unspecified atom stereocenters. The second-order valence-electron chi connectivity index (χ2n) is 4.91. The molecular weight excluding hydrogens is 341 g/mol. The molecule has 1 aromatic heterocycles. The second-order valence-corrected chi connectivity index (χ2v) is 7.15. The molecule has 1 amide bonds. The van der Waals surface area contributed by atoms with E-state index in [0.29, 0.717) is 24.4 Å². The Labute approximate surface area is 144 Å². The van der Waals surface area contributed by atoms with E-state index in [1.54, 1.807) is 25.1 Å². The van der Waals surface area contributed by atoms with Gasteiger partial charge in [-0.05, 0) is 36.8 Å². The van der Waals surface area contributed by atoms with Crippen LogP contribution in [0, 0.1) is 0 Å². The predicted octanol–water partition coefficient (Wildman–Crippen LogP) is 4.65. The number of halogens is 2. The van der Waals surface area contributed by atoms with Crippen molar-refractivity contribution in [3.63, 3.8) is 0 Å². The number of carbonyl (C=O) groups is 1. The maximum atomic E-state index is 12.2. The average molecular weight is 358 g/mol. The van der Waals surface area contributed by atoms with Crippen LogP contribution in [0.5, 0.6) is 5.75 Å². The standard InChI is InChI=1S/C16H17Cl2NO2S/c1-19(10-11-9-12(17)3-6-14(11)21-2)16(20)8-5-13-4-7-15(18)22-13/h3-4,6-7,9H,5,8,10H2,1-2H3. The van der Waals surface area contributed by atoms with Gasteiger partial charge in [-0.15, -0.1) is 11.3 Å². The van der Waals surface area contributed by atoms with Crippen LogP contribution in [0.3, 0.4) is 0 Å². The van der Waals surface area contributed by atoms with Gasteiger partial charge in [0.15, 0.2) is 0 Å². The number of thiophene rings is 1. The van der Waals surface area contributed by atoms with Crippen molar-refractivity contribution in [1.29, 1.82) is 0 Å². The van der Waals surface area contributed by atoms with Gasteiger partial charge in [0.05, 0.1) is 11.4 Å². The molecule has 0 spiro atoms. The average Bonchev–Trinajstić information content (AvgIpc) is 2.90. The Bertz CT molecular complexity index is 657. The minimum absolute atomic E-state index is 0.0755. The molecule has 118 valence electrons. The number of nitrogens with zero attached hydrogens (tertiary/aromatic N) is 1. The molecule has 0 radical (unpaired) electrons. The van der Waals surface area contributed by atoms with E-state index in [0.717, 1.165) is 20.5 Å². The molecule has 22 heavy (non-hydrogen) atoms. The van der Waals surface area contributed by atoms with E-state index in [9.17, 15) is 4.79 Å². The van der Waals surface area contributed by atoms with E-state index in [4.69, 9.17) is 27.9 Å².